The Morgan fingerprint density at radius 1 is 0.696 bits per heavy atom. The van der Waals surface area contributed by atoms with Crippen molar-refractivity contribution in [2.24, 2.45) is 0 Å². The first-order chi connectivity index (χ1) is 22.2. The SMILES string of the molecule is CCCCC/C=C\C/C=C\CCCCCCCC(=O)C[C@H](COC(=O)c1ccc([N+](=O)[O-])cc1)OC(=O)c1ccc([N+](=O)[O-])cc1. The molecule has 0 unspecified atom stereocenters. The van der Waals surface area contributed by atoms with Crippen LogP contribution in [-0.2, 0) is 14.3 Å². The number of hydrogen-bond donors (Lipinski definition) is 0. The second-order valence-corrected chi connectivity index (χ2v) is 11.0. The molecule has 1 atom stereocenters. The van der Waals surface area contributed by atoms with Crippen LogP contribution < -0.4 is 0 Å². The monoisotopic (exact) mass is 636 g/mol. The number of ketones is 1. The van der Waals surface area contributed by atoms with E-state index in [2.05, 4.69) is 31.2 Å². The van der Waals surface area contributed by atoms with Gasteiger partial charge in [0.15, 0.2) is 0 Å². The van der Waals surface area contributed by atoms with Crippen LogP contribution in [0.5, 0.6) is 0 Å². The number of nitro groups is 2. The number of unbranched alkanes of at least 4 members (excludes halogenated alkanes) is 8. The molecule has 46 heavy (non-hydrogen) atoms. The molecule has 0 saturated heterocycles. The van der Waals surface area contributed by atoms with Crippen molar-refractivity contribution in [1.29, 1.82) is 0 Å². The molecule has 0 heterocycles. The minimum absolute atomic E-state index is 0.0402. The molecule has 0 aliphatic rings. The topological polar surface area (TPSA) is 156 Å². The van der Waals surface area contributed by atoms with Crippen molar-refractivity contribution in [1.82, 2.24) is 0 Å². The summed E-state index contributed by atoms with van der Waals surface area (Å²) in [6.45, 7) is 1.79. The number of ether oxygens (including phenoxy) is 2. The van der Waals surface area contributed by atoms with E-state index in [1.54, 1.807) is 0 Å². The fourth-order valence-corrected chi connectivity index (χ4v) is 4.53. The van der Waals surface area contributed by atoms with Crippen molar-refractivity contribution in [2.75, 3.05) is 6.61 Å². The largest absolute Gasteiger partial charge is 0.458 e. The third kappa shape index (κ3) is 15.4. The van der Waals surface area contributed by atoms with E-state index in [0.717, 1.165) is 69.2 Å². The van der Waals surface area contributed by atoms with Crippen molar-refractivity contribution >= 4 is 29.1 Å². The van der Waals surface area contributed by atoms with E-state index in [1.165, 1.54) is 43.5 Å². The third-order valence-corrected chi connectivity index (χ3v) is 7.16. The maximum Gasteiger partial charge on any atom is 0.338 e. The number of esters is 2. The van der Waals surface area contributed by atoms with Crippen LogP contribution in [0, 0.1) is 20.2 Å². The molecule has 0 N–H and O–H groups in total. The van der Waals surface area contributed by atoms with Gasteiger partial charge in [0.1, 0.15) is 18.5 Å². The molecule has 2 aromatic carbocycles. The molecule has 11 nitrogen and oxygen atoms in total. The number of non-ortho nitro benzene ring substituents is 2. The number of benzene rings is 2. The number of nitro benzene ring substituents is 2. The summed E-state index contributed by atoms with van der Waals surface area (Å²) < 4.78 is 10.7. The Morgan fingerprint density at radius 2 is 1.20 bits per heavy atom. The zero-order chi connectivity index (χ0) is 33.6. The lowest BCUT2D eigenvalue weighted by atomic mass is 10.0. The Morgan fingerprint density at radius 3 is 1.74 bits per heavy atom. The number of hydrogen-bond acceptors (Lipinski definition) is 9. The van der Waals surface area contributed by atoms with E-state index in [9.17, 15) is 34.6 Å². The summed E-state index contributed by atoms with van der Waals surface area (Å²) in [7, 11) is 0. The van der Waals surface area contributed by atoms with Crippen molar-refractivity contribution in [3.8, 4) is 0 Å². The highest BCUT2D eigenvalue weighted by molar-refractivity contribution is 5.91. The van der Waals surface area contributed by atoms with Crippen molar-refractivity contribution in [3.05, 3.63) is 104 Å². The predicted octanol–water partition coefficient (Wildman–Crippen LogP) is 8.66. The molecule has 2 aromatic rings. The number of allylic oxidation sites excluding steroid dienone is 4. The van der Waals surface area contributed by atoms with Gasteiger partial charge >= 0.3 is 11.9 Å². The molecule has 0 saturated carbocycles. The smallest absolute Gasteiger partial charge is 0.338 e. The van der Waals surface area contributed by atoms with Gasteiger partial charge in [0, 0.05) is 37.1 Å². The van der Waals surface area contributed by atoms with Crippen molar-refractivity contribution in [2.45, 2.75) is 96.5 Å². The number of carbonyl (C=O) groups excluding carboxylic acids is 3. The van der Waals surface area contributed by atoms with Gasteiger partial charge < -0.3 is 9.47 Å². The first-order valence-corrected chi connectivity index (χ1v) is 15.9. The van der Waals surface area contributed by atoms with E-state index in [1.807, 2.05) is 0 Å². The molecule has 2 rings (SSSR count). The van der Waals surface area contributed by atoms with E-state index >= 15 is 0 Å². The van der Waals surface area contributed by atoms with Crippen LogP contribution in [0.4, 0.5) is 11.4 Å². The standard InChI is InChI=1S/C35H44N2O9/c1-2-3-4-5-6-7-8-9-10-11-12-13-14-15-16-17-32(38)26-33(46-35(40)29-20-24-31(25-21-29)37(43)44)27-45-34(39)28-18-22-30(23-19-28)36(41)42/h6-7,9-10,18-25,33H,2-5,8,11-17,26-27H2,1H3/b7-6-,10-9-/t33-/m1/s1. The summed E-state index contributed by atoms with van der Waals surface area (Å²) in [5.41, 5.74) is -0.288. The van der Waals surface area contributed by atoms with E-state index in [0.29, 0.717) is 6.42 Å². The van der Waals surface area contributed by atoms with Crippen LogP contribution in [0.1, 0.15) is 111 Å². The second kappa shape index (κ2) is 21.9. The minimum Gasteiger partial charge on any atom is -0.458 e. The van der Waals surface area contributed by atoms with Crippen molar-refractivity contribution < 1.29 is 33.7 Å². The molecule has 0 amide bonds. The van der Waals surface area contributed by atoms with Gasteiger partial charge in [-0.25, -0.2) is 9.59 Å². The predicted molar refractivity (Wildman–Crippen MR) is 175 cm³/mol. The molecular weight excluding hydrogens is 592 g/mol. The molecule has 0 radical (unpaired) electrons. The molecule has 0 aromatic heterocycles. The van der Waals surface area contributed by atoms with Gasteiger partial charge in [-0.3, -0.25) is 25.0 Å². The summed E-state index contributed by atoms with van der Waals surface area (Å²) >= 11 is 0. The summed E-state index contributed by atoms with van der Waals surface area (Å²) in [6, 6.07) is 9.62. The highest BCUT2D eigenvalue weighted by Gasteiger charge is 2.22. The third-order valence-electron chi connectivity index (χ3n) is 7.16. The lowest BCUT2D eigenvalue weighted by Crippen LogP contribution is -2.28. The second-order valence-electron chi connectivity index (χ2n) is 11.0. The molecular formula is C35H44N2O9. The maximum absolute atomic E-state index is 12.8. The van der Waals surface area contributed by atoms with Crippen LogP contribution in [0.25, 0.3) is 0 Å². The maximum atomic E-state index is 12.8. The normalized spacial score (nSPS) is 11.8. The Kier molecular flexibility index (Phi) is 17.9. The first kappa shape index (κ1) is 37.5. The highest BCUT2D eigenvalue weighted by Crippen LogP contribution is 2.17. The fraction of sp³-hybridized carbons (Fsp3) is 0.457. The van der Waals surface area contributed by atoms with Crippen molar-refractivity contribution in [3.63, 3.8) is 0 Å². The number of nitrogens with zero attached hydrogens (tertiary/aromatic N) is 2. The summed E-state index contributed by atoms with van der Waals surface area (Å²) in [5.74, 6) is -1.78. The summed E-state index contributed by atoms with van der Waals surface area (Å²) in [4.78, 5) is 58.6. The van der Waals surface area contributed by atoms with Gasteiger partial charge in [0.05, 0.1) is 21.0 Å². The highest BCUT2D eigenvalue weighted by atomic mass is 16.6. The molecule has 248 valence electrons. The number of carbonyl (C=O) groups is 3. The molecule has 0 aliphatic heterocycles. The fourth-order valence-electron chi connectivity index (χ4n) is 4.53. The molecule has 11 heteroatoms. The van der Waals surface area contributed by atoms with Crippen LogP contribution in [-0.4, -0.2) is 40.3 Å². The number of Topliss-reactive ketones (excluding diaryl/α,β-unsaturated/α-hetero) is 1. The lowest BCUT2D eigenvalue weighted by Gasteiger charge is -2.18. The summed E-state index contributed by atoms with van der Waals surface area (Å²) in [5, 5.41) is 21.8. The molecule has 0 spiro atoms. The average Bonchev–Trinajstić information content (AvgIpc) is 3.05. The van der Waals surface area contributed by atoms with Gasteiger partial charge in [-0.15, -0.1) is 0 Å². The van der Waals surface area contributed by atoms with E-state index in [4.69, 9.17) is 9.47 Å². The minimum atomic E-state index is -1.09. The van der Waals surface area contributed by atoms with Crippen LogP contribution in [0.2, 0.25) is 0 Å². The number of rotatable bonds is 23. The van der Waals surface area contributed by atoms with Crippen LogP contribution in [0.3, 0.4) is 0 Å². The van der Waals surface area contributed by atoms with Gasteiger partial charge in [-0.05, 0) is 62.8 Å². The molecule has 0 fully saturated rings. The molecule has 0 aliphatic carbocycles. The van der Waals surface area contributed by atoms with Crippen LogP contribution in [0.15, 0.2) is 72.8 Å². The van der Waals surface area contributed by atoms with Gasteiger partial charge in [0.25, 0.3) is 11.4 Å². The Labute approximate surface area is 270 Å². The summed E-state index contributed by atoms with van der Waals surface area (Å²) in [6.07, 6.45) is 19.5. The van der Waals surface area contributed by atoms with Gasteiger partial charge in [0.2, 0.25) is 0 Å². The zero-order valence-corrected chi connectivity index (χ0v) is 26.5. The van der Waals surface area contributed by atoms with Crippen LogP contribution >= 0.6 is 0 Å². The Balaban J connectivity index is 1.80. The average molecular weight is 637 g/mol. The van der Waals surface area contributed by atoms with Gasteiger partial charge in [-0.2, -0.15) is 0 Å². The first-order valence-electron chi connectivity index (χ1n) is 15.9. The lowest BCUT2D eigenvalue weighted by molar-refractivity contribution is -0.385. The quantitative estimate of drug-likeness (QED) is 0.0383. The van der Waals surface area contributed by atoms with Gasteiger partial charge in [-0.1, -0.05) is 63.3 Å². The Hall–Kier alpha value is -4.67. The zero-order valence-electron chi connectivity index (χ0n) is 26.5. The van der Waals surface area contributed by atoms with E-state index < -0.39 is 34.5 Å². The Bertz CT molecular complexity index is 1320. The van der Waals surface area contributed by atoms with E-state index in [-0.39, 0.29) is 41.1 Å². The molecule has 0 bridgehead atoms.